The van der Waals surface area contributed by atoms with Crippen LogP contribution in [0.3, 0.4) is 0 Å². The second-order valence-electron chi connectivity index (χ2n) is 4.48. The number of aromatic hydroxyl groups is 2. The molecule has 5 heteroatoms. The quantitative estimate of drug-likeness (QED) is 0.796. The normalized spacial score (nSPS) is 11.4. The molecular formula is C17H12Cl2O3. The molecule has 0 radical (unpaired) electrons. The molecule has 3 nitrogen and oxygen atoms in total. The van der Waals surface area contributed by atoms with Crippen molar-refractivity contribution >= 4 is 41.1 Å². The van der Waals surface area contributed by atoms with E-state index in [9.17, 15) is 15.0 Å². The van der Waals surface area contributed by atoms with E-state index in [0.29, 0.717) is 21.2 Å². The third-order valence-corrected chi connectivity index (χ3v) is 3.50. The number of hydrogen-bond donors (Lipinski definition) is 2. The monoisotopic (exact) mass is 334 g/mol. The van der Waals surface area contributed by atoms with Crippen LogP contribution in [0.15, 0.2) is 48.6 Å². The summed E-state index contributed by atoms with van der Waals surface area (Å²) in [7, 11) is 0. The van der Waals surface area contributed by atoms with E-state index in [4.69, 9.17) is 23.2 Å². The van der Waals surface area contributed by atoms with Gasteiger partial charge in [-0.05, 0) is 71.8 Å². The molecular weight excluding hydrogens is 323 g/mol. The van der Waals surface area contributed by atoms with Crippen LogP contribution in [-0.4, -0.2) is 16.0 Å². The molecule has 2 N–H and O–H groups in total. The lowest BCUT2D eigenvalue weighted by Gasteiger charge is -1.99. The van der Waals surface area contributed by atoms with Crippen molar-refractivity contribution in [2.75, 3.05) is 0 Å². The van der Waals surface area contributed by atoms with Crippen LogP contribution in [-0.2, 0) is 4.79 Å². The van der Waals surface area contributed by atoms with Crippen molar-refractivity contribution in [1.29, 1.82) is 0 Å². The zero-order chi connectivity index (χ0) is 16.1. The van der Waals surface area contributed by atoms with Crippen molar-refractivity contribution < 1.29 is 15.0 Å². The van der Waals surface area contributed by atoms with Gasteiger partial charge in [0.1, 0.15) is 11.5 Å². The van der Waals surface area contributed by atoms with Gasteiger partial charge < -0.3 is 10.2 Å². The SMILES string of the molecule is O=C(/C=C/c1cc(O)ccc1Cl)/C=C/c1cc(O)ccc1Cl. The predicted octanol–water partition coefficient (Wildman–Crippen LogP) is 4.70. The Bertz CT molecular complexity index is 701. The minimum Gasteiger partial charge on any atom is -0.508 e. The van der Waals surface area contributed by atoms with Crippen LogP contribution in [0, 0.1) is 0 Å². The number of phenolic OH excluding ortho intramolecular Hbond substituents is 2. The van der Waals surface area contributed by atoms with Gasteiger partial charge in [0.05, 0.1) is 0 Å². The smallest absolute Gasteiger partial charge is 0.178 e. The molecule has 0 aliphatic rings. The zero-order valence-corrected chi connectivity index (χ0v) is 12.8. The molecule has 0 amide bonds. The molecule has 0 unspecified atom stereocenters. The van der Waals surface area contributed by atoms with Crippen molar-refractivity contribution in [3.05, 3.63) is 69.7 Å². The Labute approximate surface area is 137 Å². The van der Waals surface area contributed by atoms with Crippen LogP contribution in [0.2, 0.25) is 10.0 Å². The van der Waals surface area contributed by atoms with Crippen LogP contribution in [0.4, 0.5) is 0 Å². The first-order valence-corrected chi connectivity index (χ1v) is 7.08. The van der Waals surface area contributed by atoms with E-state index in [1.54, 1.807) is 12.1 Å². The molecule has 0 spiro atoms. The lowest BCUT2D eigenvalue weighted by Crippen LogP contribution is -1.86. The van der Waals surface area contributed by atoms with Gasteiger partial charge in [-0.1, -0.05) is 23.2 Å². The molecule has 0 aromatic heterocycles. The molecule has 0 heterocycles. The van der Waals surface area contributed by atoms with Crippen LogP contribution in [0.5, 0.6) is 11.5 Å². The van der Waals surface area contributed by atoms with Gasteiger partial charge >= 0.3 is 0 Å². The van der Waals surface area contributed by atoms with E-state index in [1.165, 1.54) is 48.6 Å². The van der Waals surface area contributed by atoms with Crippen LogP contribution in [0.25, 0.3) is 12.2 Å². The molecule has 0 aliphatic heterocycles. The minimum atomic E-state index is -0.279. The number of ketones is 1. The van der Waals surface area contributed by atoms with E-state index in [-0.39, 0.29) is 17.3 Å². The maximum Gasteiger partial charge on any atom is 0.178 e. The number of halogens is 2. The van der Waals surface area contributed by atoms with Gasteiger partial charge in [0.2, 0.25) is 0 Å². The summed E-state index contributed by atoms with van der Waals surface area (Å²) in [5, 5.41) is 19.6. The molecule has 0 aliphatic carbocycles. The van der Waals surface area contributed by atoms with E-state index >= 15 is 0 Å². The Morgan fingerprint density at radius 1 is 0.818 bits per heavy atom. The van der Waals surface area contributed by atoms with E-state index in [0.717, 1.165) is 0 Å². The molecule has 0 saturated carbocycles. The zero-order valence-electron chi connectivity index (χ0n) is 11.3. The van der Waals surface area contributed by atoms with Gasteiger partial charge in [-0.15, -0.1) is 0 Å². The summed E-state index contributed by atoms with van der Waals surface area (Å²) in [4.78, 5) is 11.8. The topological polar surface area (TPSA) is 57.5 Å². The van der Waals surface area contributed by atoms with Crippen LogP contribution < -0.4 is 0 Å². The third kappa shape index (κ3) is 4.38. The molecule has 2 aromatic rings. The Balaban J connectivity index is 2.12. The maximum atomic E-state index is 11.8. The molecule has 2 rings (SSSR count). The van der Waals surface area contributed by atoms with Gasteiger partial charge in [0.25, 0.3) is 0 Å². The van der Waals surface area contributed by atoms with Gasteiger partial charge in [0.15, 0.2) is 5.78 Å². The minimum absolute atomic E-state index is 0.0681. The fourth-order valence-corrected chi connectivity index (χ4v) is 2.08. The standard InChI is InChI=1S/C17H12Cl2O3/c18-16-7-5-14(21)9-11(16)1-3-13(20)4-2-12-10-15(22)6-8-17(12)19/h1-10,21-22H/b3-1+,4-2+. The number of allylic oxidation sites excluding steroid dienone is 2. The third-order valence-electron chi connectivity index (χ3n) is 2.81. The Kier molecular flexibility index (Phi) is 5.26. The summed E-state index contributed by atoms with van der Waals surface area (Å²) in [5.41, 5.74) is 1.08. The molecule has 112 valence electrons. The Hall–Kier alpha value is -2.23. The molecule has 2 aromatic carbocycles. The van der Waals surface area contributed by atoms with Crippen LogP contribution >= 0.6 is 23.2 Å². The highest BCUT2D eigenvalue weighted by atomic mass is 35.5. The average molecular weight is 335 g/mol. The summed E-state index contributed by atoms with van der Waals surface area (Å²) in [5.74, 6) is -0.143. The van der Waals surface area contributed by atoms with Gasteiger partial charge in [-0.2, -0.15) is 0 Å². The second-order valence-corrected chi connectivity index (χ2v) is 5.30. The van der Waals surface area contributed by atoms with E-state index in [1.807, 2.05) is 0 Å². The Morgan fingerprint density at radius 2 is 1.23 bits per heavy atom. The number of carbonyl (C=O) groups excluding carboxylic acids is 1. The highest BCUT2D eigenvalue weighted by molar-refractivity contribution is 6.32. The van der Waals surface area contributed by atoms with Gasteiger partial charge in [-0.25, -0.2) is 0 Å². The molecule has 0 atom stereocenters. The van der Waals surface area contributed by atoms with Gasteiger partial charge in [0, 0.05) is 10.0 Å². The predicted molar refractivity (Wildman–Crippen MR) is 89.3 cm³/mol. The number of benzene rings is 2. The van der Waals surface area contributed by atoms with E-state index < -0.39 is 0 Å². The van der Waals surface area contributed by atoms with Gasteiger partial charge in [-0.3, -0.25) is 4.79 Å². The van der Waals surface area contributed by atoms with Crippen molar-refractivity contribution in [3.63, 3.8) is 0 Å². The molecule has 22 heavy (non-hydrogen) atoms. The van der Waals surface area contributed by atoms with Crippen molar-refractivity contribution in [1.82, 2.24) is 0 Å². The van der Waals surface area contributed by atoms with Crippen molar-refractivity contribution in [3.8, 4) is 11.5 Å². The number of rotatable bonds is 4. The lowest BCUT2D eigenvalue weighted by molar-refractivity contribution is -0.110. The highest BCUT2D eigenvalue weighted by Gasteiger charge is 2.00. The van der Waals surface area contributed by atoms with E-state index in [2.05, 4.69) is 0 Å². The first-order chi connectivity index (χ1) is 10.5. The first-order valence-electron chi connectivity index (χ1n) is 6.33. The Morgan fingerprint density at radius 3 is 1.64 bits per heavy atom. The number of phenols is 2. The number of hydrogen-bond acceptors (Lipinski definition) is 3. The molecule has 0 saturated heterocycles. The maximum absolute atomic E-state index is 11.8. The van der Waals surface area contributed by atoms with Crippen molar-refractivity contribution in [2.24, 2.45) is 0 Å². The first kappa shape index (κ1) is 16.1. The lowest BCUT2D eigenvalue weighted by atomic mass is 10.1. The van der Waals surface area contributed by atoms with Crippen LogP contribution in [0.1, 0.15) is 11.1 Å². The van der Waals surface area contributed by atoms with Crippen molar-refractivity contribution in [2.45, 2.75) is 0 Å². The largest absolute Gasteiger partial charge is 0.508 e. The summed E-state index contributed by atoms with van der Waals surface area (Å²) < 4.78 is 0. The average Bonchev–Trinajstić information content (AvgIpc) is 2.49. The molecule has 0 fully saturated rings. The molecule has 0 bridgehead atoms. The summed E-state index contributed by atoms with van der Waals surface area (Å²) in [6, 6.07) is 8.94. The second kappa shape index (κ2) is 7.16. The fourth-order valence-electron chi connectivity index (χ4n) is 1.72. The summed E-state index contributed by atoms with van der Waals surface area (Å²) in [6.07, 6.45) is 5.68. The summed E-state index contributed by atoms with van der Waals surface area (Å²) in [6.45, 7) is 0. The number of carbonyl (C=O) groups is 1. The summed E-state index contributed by atoms with van der Waals surface area (Å²) >= 11 is 11.9. The highest BCUT2D eigenvalue weighted by Crippen LogP contribution is 2.23. The fraction of sp³-hybridized carbons (Fsp3) is 0.